The van der Waals surface area contributed by atoms with Crippen LogP contribution in [0.5, 0.6) is 0 Å². The van der Waals surface area contributed by atoms with Crippen LogP contribution in [0.15, 0.2) is 4.99 Å². The van der Waals surface area contributed by atoms with Crippen LogP contribution in [0.4, 0.5) is 0 Å². The molecule has 0 aliphatic carbocycles. The van der Waals surface area contributed by atoms with Crippen molar-refractivity contribution in [2.24, 2.45) is 27.9 Å². The number of carbonyl (C=O) groups is 6. The Labute approximate surface area is 199 Å². The summed E-state index contributed by atoms with van der Waals surface area (Å²) in [5.74, 6) is -7.30. The fourth-order valence-corrected chi connectivity index (χ4v) is 2.65. The van der Waals surface area contributed by atoms with E-state index in [2.05, 4.69) is 20.9 Å². The van der Waals surface area contributed by atoms with E-state index in [1.807, 2.05) is 0 Å². The van der Waals surface area contributed by atoms with Crippen molar-refractivity contribution >= 4 is 41.5 Å². The number of carboxylic acid groups (broad SMARTS) is 2. The maximum atomic E-state index is 12.6. The predicted octanol–water partition coefficient (Wildman–Crippen LogP) is -5.36. The minimum atomic E-state index is -1.69. The number of amides is 4. The molecule has 0 rings (SSSR count). The van der Waals surface area contributed by atoms with Crippen LogP contribution in [0.2, 0.25) is 0 Å². The van der Waals surface area contributed by atoms with Crippen LogP contribution in [-0.2, 0) is 28.8 Å². The number of aliphatic carboxylic acids is 2. The van der Waals surface area contributed by atoms with E-state index < -0.39 is 78.7 Å². The number of guanidine groups is 1. The normalized spacial score (nSPS) is 14.8. The topological polar surface area (TPSA) is 316 Å². The lowest BCUT2D eigenvalue weighted by molar-refractivity contribution is -0.142. The van der Waals surface area contributed by atoms with Gasteiger partial charge in [0, 0.05) is 6.54 Å². The lowest BCUT2D eigenvalue weighted by Gasteiger charge is -2.26. The molecule has 0 aromatic rings. The first kappa shape index (κ1) is 31.0. The summed E-state index contributed by atoms with van der Waals surface area (Å²) in [5.41, 5.74) is 20.9. The molecule has 0 aromatic heterocycles. The third-order valence-corrected chi connectivity index (χ3v) is 4.39. The third kappa shape index (κ3) is 12.7. The molecular formula is C18H32N8O9. The number of nitrogens with two attached hydrogens (primary N) is 4. The van der Waals surface area contributed by atoms with E-state index in [0.717, 1.165) is 6.92 Å². The summed E-state index contributed by atoms with van der Waals surface area (Å²) in [7, 11) is 0. The second kappa shape index (κ2) is 15.0. The summed E-state index contributed by atoms with van der Waals surface area (Å²) in [4.78, 5) is 74.6. The number of nitrogens with zero attached hydrogens (tertiary/aromatic N) is 1. The molecule has 0 saturated heterocycles. The molecule has 0 spiro atoms. The number of aliphatic hydroxyl groups excluding tert-OH is 1. The molecular weight excluding hydrogens is 472 g/mol. The largest absolute Gasteiger partial charge is 0.481 e. The standard InChI is InChI=1S/C18H32N8O9/c1-7(27)13(26-14(31)8(19)5-12(29)30)16(33)25-10(6-11(20)28)15(32)24-9(17(34)35)3-2-4-23-18(21)22/h7-10,13,27H,2-6,19H2,1H3,(H2,20,28)(H,24,32)(H,25,33)(H,26,31)(H,29,30)(H,34,35)(H4,21,22,23). The molecule has 17 nitrogen and oxygen atoms in total. The maximum absolute atomic E-state index is 12.6. The quantitative estimate of drug-likeness (QED) is 0.0535. The van der Waals surface area contributed by atoms with Crippen molar-refractivity contribution < 1.29 is 44.1 Å². The van der Waals surface area contributed by atoms with Crippen LogP contribution < -0.4 is 38.9 Å². The van der Waals surface area contributed by atoms with Crippen molar-refractivity contribution in [1.82, 2.24) is 16.0 Å². The van der Waals surface area contributed by atoms with Crippen molar-refractivity contribution in [2.75, 3.05) is 6.54 Å². The Bertz CT molecular complexity index is 829. The molecule has 0 bridgehead atoms. The molecule has 14 N–H and O–H groups in total. The van der Waals surface area contributed by atoms with Gasteiger partial charge in [-0.2, -0.15) is 0 Å². The van der Waals surface area contributed by atoms with Crippen molar-refractivity contribution in [2.45, 2.75) is 62.9 Å². The molecule has 198 valence electrons. The number of hydrogen-bond acceptors (Lipinski definition) is 9. The van der Waals surface area contributed by atoms with Crippen LogP contribution in [0, 0.1) is 0 Å². The SMILES string of the molecule is CC(O)C(NC(=O)C(N)CC(=O)O)C(=O)NC(CC(N)=O)C(=O)NC(CCCN=C(N)N)C(=O)O. The molecule has 35 heavy (non-hydrogen) atoms. The predicted molar refractivity (Wildman–Crippen MR) is 119 cm³/mol. The molecule has 0 heterocycles. The van der Waals surface area contributed by atoms with Crippen LogP contribution in [-0.4, -0.2) is 93.7 Å². The maximum Gasteiger partial charge on any atom is 0.326 e. The summed E-state index contributed by atoms with van der Waals surface area (Å²) in [6.45, 7) is 1.21. The van der Waals surface area contributed by atoms with Gasteiger partial charge in [-0.15, -0.1) is 0 Å². The highest BCUT2D eigenvalue weighted by atomic mass is 16.4. The fourth-order valence-electron chi connectivity index (χ4n) is 2.65. The molecule has 0 aromatic carbocycles. The summed E-state index contributed by atoms with van der Waals surface area (Å²) >= 11 is 0. The zero-order chi connectivity index (χ0) is 27.3. The average Bonchev–Trinajstić information content (AvgIpc) is 2.71. The van der Waals surface area contributed by atoms with E-state index in [1.165, 1.54) is 0 Å². The Hall–Kier alpha value is -3.99. The third-order valence-electron chi connectivity index (χ3n) is 4.39. The molecule has 0 fully saturated rings. The van der Waals surface area contributed by atoms with Gasteiger partial charge in [-0.25, -0.2) is 4.79 Å². The molecule has 5 unspecified atom stereocenters. The van der Waals surface area contributed by atoms with Crippen LogP contribution in [0.1, 0.15) is 32.6 Å². The van der Waals surface area contributed by atoms with Crippen LogP contribution in [0.3, 0.4) is 0 Å². The Kier molecular flexibility index (Phi) is 13.3. The van der Waals surface area contributed by atoms with E-state index in [4.69, 9.17) is 28.0 Å². The molecule has 17 heteroatoms. The van der Waals surface area contributed by atoms with Gasteiger partial charge in [0.25, 0.3) is 0 Å². The molecule has 0 radical (unpaired) electrons. The van der Waals surface area contributed by atoms with Gasteiger partial charge >= 0.3 is 11.9 Å². The Morgan fingerprint density at radius 2 is 1.43 bits per heavy atom. The molecule has 5 atom stereocenters. The summed E-state index contributed by atoms with van der Waals surface area (Å²) in [5, 5.41) is 34.3. The highest BCUT2D eigenvalue weighted by molar-refractivity contribution is 5.96. The fraction of sp³-hybridized carbons (Fsp3) is 0.611. The summed E-state index contributed by atoms with van der Waals surface area (Å²) < 4.78 is 0. The molecule has 4 amide bonds. The highest BCUT2D eigenvalue weighted by Crippen LogP contribution is 2.03. The number of carboxylic acids is 2. The van der Waals surface area contributed by atoms with E-state index in [9.17, 15) is 39.0 Å². The van der Waals surface area contributed by atoms with Gasteiger partial charge in [0.1, 0.15) is 18.1 Å². The van der Waals surface area contributed by atoms with Crippen molar-refractivity contribution in [3.63, 3.8) is 0 Å². The molecule has 0 saturated carbocycles. The number of hydrogen-bond donors (Lipinski definition) is 10. The van der Waals surface area contributed by atoms with Gasteiger partial charge < -0.3 is 54.2 Å². The lowest BCUT2D eigenvalue weighted by atomic mass is 10.1. The number of nitrogens with one attached hydrogen (secondary N) is 3. The first-order valence-corrected chi connectivity index (χ1v) is 10.3. The van der Waals surface area contributed by atoms with E-state index in [1.54, 1.807) is 0 Å². The van der Waals surface area contributed by atoms with E-state index in [0.29, 0.717) is 0 Å². The number of primary amides is 1. The van der Waals surface area contributed by atoms with Gasteiger partial charge in [-0.05, 0) is 19.8 Å². The zero-order valence-corrected chi connectivity index (χ0v) is 19.0. The number of aliphatic imine (C=N–C) groups is 1. The minimum absolute atomic E-state index is 0.0865. The first-order chi connectivity index (χ1) is 16.1. The number of aliphatic hydroxyl groups is 1. The van der Waals surface area contributed by atoms with Crippen molar-refractivity contribution in [3.8, 4) is 0 Å². The van der Waals surface area contributed by atoms with Gasteiger partial charge in [-0.3, -0.25) is 29.0 Å². The summed E-state index contributed by atoms with van der Waals surface area (Å²) in [6, 6.07) is -6.32. The monoisotopic (exact) mass is 504 g/mol. The Morgan fingerprint density at radius 1 is 0.857 bits per heavy atom. The smallest absolute Gasteiger partial charge is 0.326 e. The van der Waals surface area contributed by atoms with Gasteiger partial charge in [0.2, 0.25) is 23.6 Å². The second-order valence-corrected chi connectivity index (χ2v) is 7.51. The average molecular weight is 505 g/mol. The Balaban J connectivity index is 5.42. The summed E-state index contributed by atoms with van der Waals surface area (Å²) in [6.07, 6.45) is -2.95. The van der Waals surface area contributed by atoms with Crippen molar-refractivity contribution in [3.05, 3.63) is 0 Å². The van der Waals surface area contributed by atoms with Gasteiger partial charge in [0.05, 0.1) is 25.0 Å². The highest BCUT2D eigenvalue weighted by Gasteiger charge is 2.33. The van der Waals surface area contributed by atoms with E-state index in [-0.39, 0.29) is 25.3 Å². The Morgan fingerprint density at radius 3 is 1.89 bits per heavy atom. The molecule has 0 aliphatic rings. The van der Waals surface area contributed by atoms with Crippen LogP contribution in [0.25, 0.3) is 0 Å². The first-order valence-electron chi connectivity index (χ1n) is 10.3. The number of carbonyl (C=O) groups excluding carboxylic acids is 4. The van der Waals surface area contributed by atoms with Gasteiger partial charge in [0.15, 0.2) is 5.96 Å². The zero-order valence-electron chi connectivity index (χ0n) is 19.0. The van der Waals surface area contributed by atoms with Crippen LogP contribution >= 0.6 is 0 Å². The van der Waals surface area contributed by atoms with Crippen molar-refractivity contribution in [1.29, 1.82) is 0 Å². The second-order valence-electron chi connectivity index (χ2n) is 7.51. The molecule has 0 aliphatic heterocycles. The number of rotatable bonds is 16. The van der Waals surface area contributed by atoms with Gasteiger partial charge in [-0.1, -0.05) is 0 Å². The minimum Gasteiger partial charge on any atom is -0.481 e. The van der Waals surface area contributed by atoms with E-state index >= 15 is 0 Å². The lowest BCUT2D eigenvalue weighted by Crippen LogP contribution is -2.60.